The standard InChI is InChI=1S/C33H33F/c1-23-5-7-29(8-6-23)21-32-18-17-30(22-33(32)34)15-13-27-9-11-28(12-10-27)14-16-31-19-24(2)26(4)25(3)20-31/h9-12,17-20,22-23,29H,5-8,21H2,1-4H3. The number of rotatable bonds is 2. The average Bonchev–Trinajstić information content (AvgIpc) is 2.83. The molecule has 4 rings (SSSR count). The van der Waals surface area contributed by atoms with E-state index >= 15 is 0 Å². The molecule has 0 heterocycles. The second kappa shape index (κ2) is 10.8. The zero-order valence-corrected chi connectivity index (χ0v) is 20.8. The molecule has 3 aromatic carbocycles. The molecule has 1 heteroatoms. The summed E-state index contributed by atoms with van der Waals surface area (Å²) in [6.45, 7) is 8.70. The fraction of sp³-hybridized carbons (Fsp3) is 0.333. The van der Waals surface area contributed by atoms with Gasteiger partial charge in [0, 0.05) is 22.3 Å². The molecule has 0 aliphatic heterocycles. The molecule has 0 nitrogen and oxygen atoms in total. The summed E-state index contributed by atoms with van der Waals surface area (Å²) in [6, 6.07) is 17.6. The van der Waals surface area contributed by atoms with E-state index in [2.05, 4.69) is 63.5 Å². The van der Waals surface area contributed by atoms with Gasteiger partial charge in [-0.15, -0.1) is 0 Å². The maximum absolute atomic E-state index is 14.7. The molecule has 1 aliphatic rings. The first-order valence-electron chi connectivity index (χ1n) is 12.4. The van der Waals surface area contributed by atoms with Crippen LogP contribution in [-0.4, -0.2) is 0 Å². The topological polar surface area (TPSA) is 0 Å². The summed E-state index contributed by atoms with van der Waals surface area (Å²) >= 11 is 0. The molecule has 0 amide bonds. The second-order valence-corrected chi connectivity index (χ2v) is 9.95. The molecule has 0 radical (unpaired) electrons. The lowest BCUT2D eigenvalue weighted by molar-refractivity contribution is 0.287. The summed E-state index contributed by atoms with van der Waals surface area (Å²) in [5.41, 5.74) is 8.28. The summed E-state index contributed by atoms with van der Waals surface area (Å²) < 4.78 is 14.7. The molecule has 0 aromatic heterocycles. The molecule has 0 bridgehead atoms. The van der Waals surface area contributed by atoms with Gasteiger partial charge in [-0.1, -0.05) is 49.5 Å². The van der Waals surface area contributed by atoms with Crippen molar-refractivity contribution in [2.75, 3.05) is 0 Å². The predicted molar refractivity (Wildman–Crippen MR) is 140 cm³/mol. The molecule has 0 N–H and O–H groups in total. The van der Waals surface area contributed by atoms with Crippen LogP contribution in [0.15, 0.2) is 54.6 Å². The minimum absolute atomic E-state index is 0.127. The van der Waals surface area contributed by atoms with Crippen LogP contribution in [0, 0.1) is 62.1 Å². The van der Waals surface area contributed by atoms with Crippen molar-refractivity contribution in [2.24, 2.45) is 11.8 Å². The quantitative estimate of drug-likeness (QED) is 0.349. The maximum atomic E-state index is 14.7. The minimum Gasteiger partial charge on any atom is -0.207 e. The van der Waals surface area contributed by atoms with E-state index in [-0.39, 0.29) is 5.82 Å². The van der Waals surface area contributed by atoms with Crippen molar-refractivity contribution < 1.29 is 4.39 Å². The van der Waals surface area contributed by atoms with E-state index in [1.54, 1.807) is 6.07 Å². The van der Waals surface area contributed by atoms with E-state index in [1.807, 2.05) is 36.4 Å². The van der Waals surface area contributed by atoms with Crippen LogP contribution in [-0.2, 0) is 6.42 Å². The largest absolute Gasteiger partial charge is 0.207 e. The summed E-state index contributed by atoms with van der Waals surface area (Å²) in [5, 5.41) is 0. The van der Waals surface area contributed by atoms with Crippen LogP contribution in [0.25, 0.3) is 0 Å². The smallest absolute Gasteiger partial charge is 0.127 e. The SMILES string of the molecule is Cc1cc(C#Cc2ccc(C#Cc3ccc(CC4CCC(C)CC4)c(F)c3)cc2)cc(C)c1C. The Kier molecular flexibility index (Phi) is 7.55. The van der Waals surface area contributed by atoms with Crippen LogP contribution in [0.4, 0.5) is 4.39 Å². The number of hydrogen-bond donors (Lipinski definition) is 0. The highest BCUT2D eigenvalue weighted by atomic mass is 19.1. The first kappa shape index (κ1) is 23.9. The van der Waals surface area contributed by atoms with E-state index < -0.39 is 0 Å². The van der Waals surface area contributed by atoms with Gasteiger partial charge < -0.3 is 0 Å². The van der Waals surface area contributed by atoms with Crippen molar-refractivity contribution in [3.8, 4) is 23.7 Å². The first-order valence-corrected chi connectivity index (χ1v) is 12.4. The van der Waals surface area contributed by atoms with Gasteiger partial charge in [0.15, 0.2) is 0 Å². The highest BCUT2D eigenvalue weighted by Crippen LogP contribution is 2.31. The molecule has 1 fully saturated rings. The zero-order chi connectivity index (χ0) is 24.1. The zero-order valence-electron chi connectivity index (χ0n) is 20.8. The number of benzene rings is 3. The Labute approximate surface area is 204 Å². The molecular formula is C33H33F. The third kappa shape index (κ3) is 6.18. The van der Waals surface area contributed by atoms with Crippen LogP contribution in [0.1, 0.15) is 77.1 Å². The molecule has 1 aliphatic carbocycles. The van der Waals surface area contributed by atoms with E-state index in [0.717, 1.165) is 34.6 Å². The fourth-order valence-corrected chi connectivity index (χ4v) is 4.67. The third-order valence-electron chi connectivity index (χ3n) is 7.21. The molecule has 0 spiro atoms. The lowest BCUT2D eigenvalue weighted by Crippen LogP contribution is -2.15. The van der Waals surface area contributed by atoms with Gasteiger partial charge in [0.1, 0.15) is 5.82 Å². The van der Waals surface area contributed by atoms with Gasteiger partial charge in [-0.25, -0.2) is 4.39 Å². The molecule has 172 valence electrons. The normalized spacial score (nSPS) is 17.3. The van der Waals surface area contributed by atoms with E-state index in [1.165, 1.54) is 42.4 Å². The van der Waals surface area contributed by atoms with Gasteiger partial charge in [0.2, 0.25) is 0 Å². The highest BCUT2D eigenvalue weighted by Gasteiger charge is 2.19. The van der Waals surface area contributed by atoms with Crippen LogP contribution < -0.4 is 0 Å². The lowest BCUT2D eigenvalue weighted by atomic mass is 9.80. The van der Waals surface area contributed by atoms with E-state index in [4.69, 9.17) is 0 Å². The number of hydrogen-bond acceptors (Lipinski definition) is 0. The Morgan fingerprint density at radius 3 is 1.74 bits per heavy atom. The Morgan fingerprint density at radius 1 is 0.676 bits per heavy atom. The van der Waals surface area contributed by atoms with E-state index in [9.17, 15) is 4.39 Å². The summed E-state index contributed by atoms with van der Waals surface area (Å²) in [7, 11) is 0. The van der Waals surface area contributed by atoms with E-state index in [0.29, 0.717) is 11.5 Å². The summed E-state index contributed by atoms with van der Waals surface area (Å²) in [5.74, 6) is 14.1. The molecule has 34 heavy (non-hydrogen) atoms. The first-order chi connectivity index (χ1) is 16.4. The monoisotopic (exact) mass is 448 g/mol. The molecule has 1 saturated carbocycles. The van der Waals surface area contributed by atoms with Crippen molar-refractivity contribution in [3.63, 3.8) is 0 Å². The van der Waals surface area contributed by atoms with Crippen molar-refractivity contribution in [3.05, 3.63) is 105 Å². The van der Waals surface area contributed by atoms with Gasteiger partial charge in [-0.05, 0) is 123 Å². The predicted octanol–water partition coefficient (Wildman–Crippen LogP) is 7.92. The van der Waals surface area contributed by atoms with Gasteiger partial charge in [-0.2, -0.15) is 0 Å². The Bertz CT molecular complexity index is 1260. The average molecular weight is 449 g/mol. The molecule has 3 aromatic rings. The van der Waals surface area contributed by atoms with Crippen LogP contribution in [0.3, 0.4) is 0 Å². The van der Waals surface area contributed by atoms with Gasteiger partial charge in [0.25, 0.3) is 0 Å². The summed E-state index contributed by atoms with van der Waals surface area (Å²) in [6.07, 6.45) is 5.81. The van der Waals surface area contributed by atoms with Crippen LogP contribution in [0.5, 0.6) is 0 Å². The molecule has 0 saturated heterocycles. The van der Waals surface area contributed by atoms with Crippen molar-refractivity contribution >= 4 is 0 Å². The third-order valence-corrected chi connectivity index (χ3v) is 7.21. The number of aryl methyl sites for hydroxylation is 2. The number of halogens is 1. The Morgan fingerprint density at radius 2 is 1.18 bits per heavy atom. The fourth-order valence-electron chi connectivity index (χ4n) is 4.67. The molecule has 0 atom stereocenters. The van der Waals surface area contributed by atoms with Crippen LogP contribution in [0.2, 0.25) is 0 Å². The summed E-state index contributed by atoms with van der Waals surface area (Å²) in [4.78, 5) is 0. The van der Waals surface area contributed by atoms with Gasteiger partial charge in [0.05, 0.1) is 0 Å². The van der Waals surface area contributed by atoms with Gasteiger partial charge in [-0.3, -0.25) is 0 Å². The van der Waals surface area contributed by atoms with Crippen molar-refractivity contribution in [2.45, 2.75) is 59.8 Å². The maximum Gasteiger partial charge on any atom is 0.127 e. The highest BCUT2D eigenvalue weighted by molar-refractivity contribution is 5.50. The Hall–Kier alpha value is -3.29. The second-order valence-electron chi connectivity index (χ2n) is 9.95. The molecular weight excluding hydrogens is 415 g/mol. The molecule has 0 unspecified atom stereocenters. The van der Waals surface area contributed by atoms with Crippen molar-refractivity contribution in [1.82, 2.24) is 0 Å². The van der Waals surface area contributed by atoms with Crippen LogP contribution >= 0.6 is 0 Å². The van der Waals surface area contributed by atoms with Gasteiger partial charge >= 0.3 is 0 Å². The van der Waals surface area contributed by atoms with Crippen molar-refractivity contribution in [1.29, 1.82) is 0 Å². The minimum atomic E-state index is -0.127. The lowest BCUT2D eigenvalue weighted by Gasteiger charge is -2.26. The Balaban J connectivity index is 1.40.